The molecule has 126 valence electrons. The quantitative estimate of drug-likeness (QED) is 0.927. The van der Waals surface area contributed by atoms with Crippen molar-refractivity contribution >= 4 is 11.8 Å². The van der Waals surface area contributed by atoms with Gasteiger partial charge < -0.3 is 10.0 Å². The van der Waals surface area contributed by atoms with E-state index in [0.717, 1.165) is 12.3 Å². The van der Waals surface area contributed by atoms with Gasteiger partial charge in [-0.05, 0) is 24.6 Å². The van der Waals surface area contributed by atoms with Gasteiger partial charge >= 0.3 is 12.1 Å². The van der Waals surface area contributed by atoms with Gasteiger partial charge in [-0.2, -0.15) is 13.2 Å². The summed E-state index contributed by atoms with van der Waals surface area (Å²) in [5.74, 6) is -0.553. The van der Waals surface area contributed by atoms with E-state index >= 15 is 0 Å². The van der Waals surface area contributed by atoms with Gasteiger partial charge in [0.15, 0.2) is 0 Å². The molecule has 1 aliphatic rings. The highest BCUT2D eigenvalue weighted by atomic mass is 19.4. The second kappa shape index (κ2) is 6.06. The van der Waals surface area contributed by atoms with Gasteiger partial charge in [0.2, 0.25) is 0 Å². The van der Waals surface area contributed by atoms with Crippen LogP contribution in [0.3, 0.4) is 0 Å². The lowest BCUT2D eigenvalue weighted by atomic mass is 10.1. The number of hydrogen-bond acceptors (Lipinski definition) is 5. The fourth-order valence-corrected chi connectivity index (χ4v) is 2.61. The fraction of sp³-hybridized carbons (Fsp3) is 0.333. The molecule has 3 heterocycles. The molecule has 0 saturated carbocycles. The van der Waals surface area contributed by atoms with Gasteiger partial charge in [0.25, 0.3) is 0 Å². The van der Waals surface area contributed by atoms with Gasteiger partial charge in [-0.1, -0.05) is 0 Å². The molecule has 0 aromatic carbocycles. The third-order valence-electron chi connectivity index (χ3n) is 3.84. The van der Waals surface area contributed by atoms with Crippen molar-refractivity contribution in [2.75, 3.05) is 18.0 Å². The third kappa shape index (κ3) is 3.29. The Kier molecular flexibility index (Phi) is 4.08. The number of aromatic nitrogens is 3. The molecule has 24 heavy (non-hydrogen) atoms. The molecular formula is C15H13F3N4O2. The van der Waals surface area contributed by atoms with Crippen molar-refractivity contribution in [3.05, 3.63) is 47.7 Å². The summed E-state index contributed by atoms with van der Waals surface area (Å²) in [6, 6.07) is 3.87. The Labute approximate surface area is 135 Å². The van der Waals surface area contributed by atoms with Crippen LogP contribution >= 0.6 is 0 Å². The molecule has 0 aliphatic carbocycles. The van der Waals surface area contributed by atoms with E-state index in [1.807, 2.05) is 4.90 Å². The van der Waals surface area contributed by atoms with E-state index in [1.165, 1.54) is 12.3 Å². The lowest BCUT2D eigenvalue weighted by molar-refractivity contribution is -0.141. The number of hydrogen-bond donors (Lipinski definition) is 1. The van der Waals surface area contributed by atoms with Crippen LogP contribution in [0.1, 0.15) is 34.2 Å². The van der Waals surface area contributed by atoms with Crippen LogP contribution in [0, 0.1) is 0 Å². The number of nitrogens with zero attached hydrogens (tertiary/aromatic N) is 4. The van der Waals surface area contributed by atoms with Gasteiger partial charge in [0, 0.05) is 31.4 Å². The highest BCUT2D eigenvalue weighted by Crippen LogP contribution is 2.31. The van der Waals surface area contributed by atoms with Crippen LogP contribution in [0.15, 0.2) is 30.6 Å². The molecule has 0 spiro atoms. The second-order valence-corrected chi connectivity index (χ2v) is 5.44. The minimum absolute atomic E-state index is 0.0794. The number of anilines is 1. The van der Waals surface area contributed by atoms with E-state index in [0.29, 0.717) is 25.3 Å². The van der Waals surface area contributed by atoms with Crippen molar-refractivity contribution in [2.24, 2.45) is 0 Å². The van der Waals surface area contributed by atoms with E-state index < -0.39 is 17.8 Å². The predicted octanol–water partition coefficient (Wildman–Crippen LogP) is 2.58. The molecule has 1 N–H and O–H groups in total. The lowest BCUT2D eigenvalue weighted by Gasteiger charge is -2.17. The molecule has 1 saturated heterocycles. The fourth-order valence-electron chi connectivity index (χ4n) is 2.61. The van der Waals surface area contributed by atoms with Crippen molar-refractivity contribution in [1.29, 1.82) is 0 Å². The Balaban J connectivity index is 1.74. The van der Waals surface area contributed by atoms with Gasteiger partial charge in [-0.15, -0.1) is 0 Å². The summed E-state index contributed by atoms with van der Waals surface area (Å²) < 4.78 is 38.2. The molecule has 1 unspecified atom stereocenters. The summed E-state index contributed by atoms with van der Waals surface area (Å²) >= 11 is 0. The van der Waals surface area contributed by atoms with Gasteiger partial charge in [0.1, 0.15) is 17.3 Å². The molecule has 0 amide bonds. The smallest absolute Gasteiger partial charge is 0.433 e. The zero-order valence-corrected chi connectivity index (χ0v) is 12.4. The summed E-state index contributed by atoms with van der Waals surface area (Å²) in [5, 5.41) is 8.86. The molecule has 2 aromatic rings. The van der Waals surface area contributed by atoms with Crippen molar-refractivity contribution in [3.8, 4) is 0 Å². The van der Waals surface area contributed by atoms with Gasteiger partial charge in [-0.25, -0.2) is 19.7 Å². The third-order valence-corrected chi connectivity index (χ3v) is 3.84. The number of aromatic carboxylic acids is 1. The molecule has 1 aliphatic heterocycles. The molecule has 9 heteroatoms. The Morgan fingerprint density at radius 1 is 1.25 bits per heavy atom. The summed E-state index contributed by atoms with van der Waals surface area (Å²) in [6.07, 6.45) is -1.52. The lowest BCUT2D eigenvalue weighted by Crippen LogP contribution is -2.21. The first-order chi connectivity index (χ1) is 11.3. The standard InChI is InChI=1S/C15H13F3N4O2/c16-15(17,18)11-3-5-19-13(21-11)10-4-6-22(8-10)12-2-1-9(7-20-12)14(23)24/h1-3,5,7,10H,4,6,8H2,(H,23,24). The average Bonchev–Trinajstić information content (AvgIpc) is 3.04. The Morgan fingerprint density at radius 3 is 2.67 bits per heavy atom. The number of alkyl halides is 3. The van der Waals surface area contributed by atoms with E-state index in [-0.39, 0.29) is 17.3 Å². The number of carboxylic acids is 1. The summed E-state index contributed by atoms with van der Waals surface area (Å²) in [6.45, 7) is 1.02. The van der Waals surface area contributed by atoms with Crippen LogP contribution in [-0.2, 0) is 6.18 Å². The minimum atomic E-state index is -4.50. The Hall–Kier alpha value is -2.71. The zero-order valence-electron chi connectivity index (χ0n) is 12.4. The highest BCUT2D eigenvalue weighted by Gasteiger charge is 2.34. The van der Waals surface area contributed by atoms with E-state index in [1.54, 1.807) is 6.07 Å². The van der Waals surface area contributed by atoms with Crippen molar-refractivity contribution in [3.63, 3.8) is 0 Å². The maximum absolute atomic E-state index is 12.7. The molecule has 0 bridgehead atoms. The van der Waals surface area contributed by atoms with Gasteiger partial charge in [0.05, 0.1) is 5.56 Å². The molecule has 3 rings (SSSR count). The molecule has 6 nitrogen and oxygen atoms in total. The van der Waals surface area contributed by atoms with Crippen LogP contribution in [0.4, 0.5) is 19.0 Å². The number of pyridine rings is 1. The summed E-state index contributed by atoms with van der Waals surface area (Å²) in [5.41, 5.74) is -0.870. The minimum Gasteiger partial charge on any atom is -0.478 e. The first kappa shape index (κ1) is 16.2. The van der Waals surface area contributed by atoms with Crippen LogP contribution in [0.2, 0.25) is 0 Å². The van der Waals surface area contributed by atoms with Crippen LogP contribution in [0.25, 0.3) is 0 Å². The maximum Gasteiger partial charge on any atom is 0.433 e. The highest BCUT2D eigenvalue weighted by molar-refractivity contribution is 5.87. The van der Waals surface area contributed by atoms with E-state index in [9.17, 15) is 18.0 Å². The van der Waals surface area contributed by atoms with Crippen LogP contribution < -0.4 is 4.90 Å². The average molecular weight is 338 g/mol. The van der Waals surface area contributed by atoms with Crippen molar-refractivity contribution in [1.82, 2.24) is 15.0 Å². The molecule has 2 aromatic heterocycles. The molecule has 1 fully saturated rings. The monoisotopic (exact) mass is 338 g/mol. The second-order valence-electron chi connectivity index (χ2n) is 5.44. The number of halogens is 3. The van der Waals surface area contributed by atoms with E-state index in [4.69, 9.17) is 5.11 Å². The molecular weight excluding hydrogens is 325 g/mol. The SMILES string of the molecule is O=C(O)c1ccc(N2CCC(c3nccc(C(F)(F)F)n3)C2)nc1. The predicted molar refractivity (Wildman–Crippen MR) is 77.8 cm³/mol. The summed E-state index contributed by atoms with van der Waals surface area (Å²) in [7, 11) is 0. The largest absolute Gasteiger partial charge is 0.478 e. The Morgan fingerprint density at radius 2 is 2.04 bits per heavy atom. The van der Waals surface area contributed by atoms with Crippen LogP contribution in [-0.4, -0.2) is 39.1 Å². The van der Waals surface area contributed by atoms with Crippen molar-refractivity contribution < 1.29 is 23.1 Å². The van der Waals surface area contributed by atoms with E-state index in [2.05, 4.69) is 15.0 Å². The number of carboxylic acid groups (broad SMARTS) is 1. The van der Waals surface area contributed by atoms with Crippen molar-refractivity contribution in [2.45, 2.75) is 18.5 Å². The number of rotatable bonds is 3. The normalized spacial score (nSPS) is 18.0. The zero-order chi connectivity index (χ0) is 17.3. The first-order valence-corrected chi connectivity index (χ1v) is 7.19. The van der Waals surface area contributed by atoms with Crippen LogP contribution in [0.5, 0.6) is 0 Å². The number of carbonyl (C=O) groups is 1. The topological polar surface area (TPSA) is 79.2 Å². The molecule has 1 atom stereocenters. The van der Waals surface area contributed by atoms with Gasteiger partial charge in [-0.3, -0.25) is 0 Å². The Bertz CT molecular complexity index is 749. The molecule has 0 radical (unpaired) electrons. The summed E-state index contributed by atoms with van der Waals surface area (Å²) in [4.78, 5) is 24.4. The maximum atomic E-state index is 12.7. The first-order valence-electron chi connectivity index (χ1n) is 7.19.